The maximum absolute atomic E-state index is 9.47. The Bertz CT molecular complexity index is 722. The van der Waals surface area contributed by atoms with Crippen molar-refractivity contribution < 1.29 is 5.11 Å². The monoisotopic (exact) mass is 266 g/mol. The van der Waals surface area contributed by atoms with Crippen LogP contribution in [0.15, 0.2) is 48.7 Å². The third-order valence-electron chi connectivity index (χ3n) is 3.14. The van der Waals surface area contributed by atoms with E-state index in [9.17, 15) is 5.11 Å². The molecule has 0 fully saturated rings. The maximum atomic E-state index is 9.47. The summed E-state index contributed by atoms with van der Waals surface area (Å²) in [5, 5.41) is 17.7. The van der Waals surface area contributed by atoms with Crippen molar-refractivity contribution in [3.8, 4) is 17.1 Å². The van der Waals surface area contributed by atoms with Gasteiger partial charge in [0.15, 0.2) is 0 Å². The molecule has 100 valence electrons. The molecule has 1 aromatic carbocycles. The van der Waals surface area contributed by atoms with Gasteiger partial charge < -0.3 is 5.11 Å². The molecule has 0 unspecified atom stereocenters. The summed E-state index contributed by atoms with van der Waals surface area (Å²) in [6.45, 7) is 1.84. The Labute approximate surface area is 116 Å². The number of aryl methyl sites for hydroxylation is 1. The van der Waals surface area contributed by atoms with E-state index in [2.05, 4.69) is 15.3 Å². The molecule has 0 radical (unpaired) electrons. The Hall–Kier alpha value is -2.53. The van der Waals surface area contributed by atoms with Gasteiger partial charge in [-0.2, -0.15) is 0 Å². The lowest BCUT2D eigenvalue weighted by molar-refractivity contribution is 0.277. The van der Waals surface area contributed by atoms with E-state index < -0.39 is 0 Å². The van der Waals surface area contributed by atoms with Crippen LogP contribution in [0.4, 0.5) is 0 Å². The van der Waals surface area contributed by atoms with Gasteiger partial charge in [0.25, 0.3) is 0 Å². The standard InChI is InChI=1S/C15H14N4O/c1-11-6-2-3-8-14(11)19-15(13(10-20)17-18-19)12-7-4-5-9-16-12/h2-9,20H,10H2,1H3. The largest absolute Gasteiger partial charge is 0.390 e. The Morgan fingerprint density at radius 2 is 1.90 bits per heavy atom. The molecule has 3 rings (SSSR count). The van der Waals surface area contributed by atoms with Crippen LogP contribution >= 0.6 is 0 Å². The molecule has 0 saturated heterocycles. The lowest BCUT2D eigenvalue weighted by Crippen LogP contribution is -2.03. The van der Waals surface area contributed by atoms with Crippen LogP contribution in [-0.2, 0) is 6.61 Å². The van der Waals surface area contributed by atoms with E-state index >= 15 is 0 Å². The normalized spacial score (nSPS) is 10.7. The highest BCUT2D eigenvalue weighted by atomic mass is 16.3. The van der Waals surface area contributed by atoms with Crippen LogP contribution in [0.2, 0.25) is 0 Å². The molecule has 0 saturated carbocycles. The number of aromatic nitrogens is 4. The fourth-order valence-electron chi connectivity index (χ4n) is 2.15. The Morgan fingerprint density at radius 3 is 2.60 bits per heavy atom. The molecule has 5 heteroatoms. The zero-order valence-electron chi connectivity index (χ0n) is 11.1. The number of nitrogens with zero attached hydrogens (tertiary/aromatic N) is 4. The molecule has 0 atom stereocenters. The van der Waals surface area contributed by atoms with Crippen LogP contribution in [0, 0.1) is 6.92 Å². The molecule has 2 heterocycles. The van der Waals surface area contributed by atoms with Crippen molar-refractivity contribution in [3.63, 3.8) is 0 Å². The predicted molar refractivity (Wildman–Crippen MR) is 75.2 cm³/mol. The summed E-state index contributed by atoms with van der Waals surface area (Å²) < 4.78 is 1.73. The van der Waals surface area contributed by atoms with Gasteiger partial charge in [-0.25, -0.2) is 4.68 Å². The van der Waals surface area contributed by atoms with E-state index in [1.165, 1.54) is 0 Å². The number of rotatable bonds is 3. The Balaban J connectivity index is 2.24. The summed E-state index contributed by atoms with van der Waals surface area (Å²) in [6.07, 6.45) is 1.71. The number of pyridine rings is 1. The average molecular weight is 266 g/mol. The zero-order chi connectivity index (χ0) is 13.9. The van der Waals surface area contributed by atoms with Gasteiger partial charge in [-0.3, -0.25) is 4.98 Å². The summed E-state index contributed by atoms with van der Waals surface area (Å²) in [5.41, 5.74) is 4.00. The third-order valence-corrected chi connectivity index (χ3v) is 3.14. The van der Waals surface area contributed by atoms with Crippen LogP contribution < -0.4 is 0 Å². The average Bonchev–Trinajstić information content (AvgIpc) is 2.92. The number of aliphatic hydroxyl groups excluding tert-OH is 1. The minimum Gasteiger partial charge on any atom is -0.390 e. The van der Waals surface area contributed by atoms with Crippen LogP contribution in [0.5, 0.6) is 0 Å². The van der Waals surface area contributed by atoms with Crippen molar-refractivity contribution in [1.82, 2.24) is 20.0 Å². The van der Waals surface area contributed by atoms with Gasteiger partial charge in [-0.1, -0.05) is 29.5 Å². The van der Waals surface area contributed by atoms with E-state index in [4.69, 9.17) is 0 Å². The third kappa shape index (κ3) is 2.08. The van der Waals surface area contributed by atoms with E-state index in [1.807, 2.05) is 49.4 Å². The van der Waals surface area contributed by atoms with E-state index in [0.29, 0.717) is 5.69 Å². The van der Waals surface area contributed by atoms with Crippen LogP contribution in [-0.4, -0.2) is 25.1 Å². The van der Waals surface area contributed by atoms with Crippen LogP contribution in [0.25, 0.3) is 17.1 Å². The molecule has 3 aromatic rings. The summed E-state index contributed by atoms with van der Waals surface area (Å²) in [4.78, 5) is 4.33. The molecule has 2 aromatic heterocycles. The maximum Gasteiger partial charge on any atom is 0.118 e. The number of aliphatic hydroxyl groups is 1. The first-order valence-corrected chi connectivity index (χ1v) is 6.34. The SMILES string of the molecule is Cc1ccccc1-n1nnc(CO)c1-c1ccccn1. The van der Waals surface area contributed by atoms with Crippen molar-refractivity contribution in [3.05, 3.63) is 59.9 Å². The number of hydrogen-bond acceptors (Lipinski definition) is 4. The van der Waals surface area contributed by atoms with Crippen molar-refractivity contribution in [2.75, 3.05) is 0 Å². The second-order valence-corrected chi connectivity index (χ2v) is 4.46. The molecule has 0 spiro atoms. The first-order valence-electron chi connectivity index (χ1n) is 6.34. The lowest BCUT2D eigenvalue weighted by Gasteiger charge is -2.09. The van der Waals surface area contributed by atoms with Gasteiger partial charge in [-0.05, 0) is 30.7 Å². The second-order valence-electron chi connectivity index (χ2n) is 4.46. The molecular formula is C15H14N4O. The van der Waals surface area contributed by atoms with Crippen LogP contribution in [0.3, 0.4) is 0 Å². The first-order chi connectivity index (χ1) is 9.81. The van der Waals surface area contributed by atoms with Crippen LogP contribution in [0.1, 0.15) is 11.3 Å². The Kier molecular flexibility index (Phi) is 3.26. The highest BCUT2D eigenvalue weighted by Crippen LogP contribution is 2.24. The molecule has 0 aliphatic carbocycles. The number of benzene rings is 1. The topological polar surface area (TPSA) is 63.8 Å². The highest BCUT2D eigenvalue weighted by Gasteiger charge is 2.17. The second kappa shape index (κ2) is 5.22. The summed E-state index contributed by atoms with van der Waals surface area (Å²) in [5.74, 6) is 0. The number of para-hydroxylation sites is 1. The zero-order valence-corrected chi connectivity index (χ0v) is 11.1. The summed E-state index contributed by atoms with van der Waals surface area (Å²) >= 11 is 0. The minimum absolute atomic E-state index is 0.169. The lowest BCUT2D eigenvalue weighted by atomic mass is 10.1. The molecule has 0 aliphatic heterocycles. The highest BCUT2D eigenvalue weighted by molar-refractivity contribution is 5.60. The smallest absolute Gasteiger partial charge is 0.118 e. The van der Waals surface area contributed by atoms with E-state index in [-0.39, 0.29) is 6.61 Å². The molecular weight excluding hydrogens is 252 g/mol. The fourth-order valence-corrected chi connectivity index (χ4v) is 2.15. The van der Waals surface area contributed by atoms with Crippen molar-refractivity contribution in [1.29, 1.82) is 0 Å². The van der Waals surface area contributed by atoms with Gasteiger partial charge in [0, 0.05) is 6.20 Å². The minimum atomic E-state index is -0.169. The van der Waals surface area contributed by atoms with E-state index in [1.54, 1.807) is 10.9 Å². The quantitative estimate of drug-likeness (QED) is 0.788. The number of hydrogen-bond donors (Lipinski definition) is 1. The Morgan fingerprint density at radius 1 is 1.10 bits per heavy atom. The van der Waals surface area contributed by atoms with Crippen molar-refractivity contribution in [2.45, 2.75) is 13.5 Å². The molecule has 5 nitrogen and oxygen atoms in total. The van der Waals surface area contributed by atoms with Gasteiger partial charge >= 0.3 is 0 Å². The fraction of sp³-hybridized carbons (Fsp3) is 0.133. The molecule has 1 N–H and O–H groups in total. The van der Waals surface area contributed by atoms with Gasteiger partial charge in [0.2, 0.25) is 0 Å². The van der Waals surface area contributed by atoms with Gasteiger partial charge in [0.05, 0.1) is 18.0 Å². The van der Waals surface area contributed by atoms with Gasteiger partial charge in [0.1, 0.15) is 11.4 Å². The predicted octanol–water partition coefficient (Wildman–Crippen LogP) is 2.13. The molecule has 0 amide bonds. The van der Waals surface area contributed by atoms with E-state index in [0.717, 1.165) is 22.6 Å². The van der Waals surface area contributed by atoms with Crippen molar-refractivity contribution >= 4 is 0 Å². The summed E-state index contributed by atoms with van der Waals surface area (Å²) in [6, 6.07) is 13.5. The first kappa shape index (κ1) is 12.5. The summed E-state index contributed by atoms with van der Waals surface area (Å²) in [7, 11) is 0. The molecule has 20 heavy (non-hydrogen) atoms. The molecule has 0 bridgehead atoms. The van der Waals surface area contributed by atoms with Crippen molar-refractivity contribution in [2.24, 2.45) is 0 Å². The molecule has 0 aliphatic rings. The van der Waals surface area contributed by atoms with Gasteiger partial charge in [-0.15, -0.1) is 5.10 Å².